The first-order valence-corrected chi connectivity index (χ1v) is 6.61. The van der Waals surface area contributed by atoms with Crippen LogP contribution in [-0.2, 0) is 0 Å². The van der Waals surface area contributed by atoms with Gasteiger partial charge in [0.05, 0.1) is 0 Å². The number of Topliss-reactive ketones (excluding diaryl/α,β-unsaturated/α-hetero) is 1. The topological polar surface area (TPSA) is 17.1 Å². The summed E-state index contributed by atoms with van der Waals surface area (Å²) in [5, 5.41) is 0. The molecule has 1 aliphatic heterocycles. The molecule has 15 heavy (non-hydrogen) atoms. The van der Waals surface area contributed by atoms with E-state index in [0.717, 1.165) is 5.56 Å². The lowest BCUT2D eigenvalue weighted by atomic mass is 9.92. The van der Waals surface area contributed by atoms with Gasteiger partial charge in [0.25, 0.3) is 0 Å². The van der Waals surface area contributed by atoms with Crippen molar-refractivity contribution in [3.63, 3.8) is 0 Å². The van der Waals surface area contributed by atoms with Gasteiger partial charge in [-0.1, -0.05) is 24.3 Å². The maximum Gasteiger partial charge on any atom is 0.159 e. The van der Waals surface area contributed by atoms with Crippen molar-refractivity contribution >= 4 is 17.5 Å². The van der Waals surface area contributed by atoms with Crippen LogP contribution in [0.25, 0.3) is 0 Å². The summed E-state index contributed by atoms with van der Waals surface area (Å²) in [6.07, 6.45) is 2.56. The van der Waals surface area contributed by atoms with Crippen molar-refractivity contribution in [2.45, 2.75) is 25.7 Å². The Balaban J connectivity index is 2.11. The number of ketones is 1. The van der Waals surface area contributed by atoms with Crippen LogP contribution in [0.1, 0.15) is 41.6 Å². The average Bonchev–Trinajstić information content (AvgIpc) is 2.30. The summed E-state index contributed by atoms with van der Waals surface area (Å²) < 4.78 is 0. The van der Waals surface area contributed by atoms with Crippen molar-refractivity contribution in [1.82, 2.24) is 0 Å². The maximum atomic E-state index is 11.1. The Kier molecular flexibility index (Phi) is 3.47. The Morgan fingerprint density at radius 1 is 1.20 bits per heavy atom. The minimum Gasteiger partial charge on any atom is -0.295 e. The molecule has 0 bridgehead atoms. The molecule has 0 saturated carbocycles. The molecule has 2 rings (SSSR count). The Bertz CT molecular complexity index is 336. The Morgan fingerprint density at radius 3 is 2.33 bits per heavy atom. The quantitative estimate of drug-likeness (QED) is 0.710. The van der Waals surface area contributed by atoms with Gasteiger partial charge in [0.1, 0.15) is 0 Å². The summed E-state index contributed by atoms with van der Waals surface area (Å²) in [5.74, 6) is 3.42. The fourth-order valence-corrected chi connectivity index (χ4v) is 3.13. The molecule has 1 nitrogen and oxygen atoms in total. The van der Waals surface area contributed by atoms with Crippen LogP contribution in [0.15, 0.2) is 24.3 Å². The molecular weight excluding hydrogens is 204 g/mol. The predicted molar refractivity (Wildman–Crippen MR) is 65.7 cm³/mol. The first-order chi connectivity index (χ1) is 7.27. The fraction of sp³-hybridized carbons (Fsp3) is 0.462. The molecule has 1 aromatic carbocycles. The third-order valence-corrected chi connectivity index (χ3v) is 4.06. The summed E-state index contributed by atoms with van der Waals surface area (Å²) in [4.78, 5) is 11.1. The second-order valence-corrected chi connectivity index (χ2v) is 5.29. The van der Waals surface area contributed by atoms with Gasteiger partial charge in [-0.05, 0) is 42.8 Å². The summed E-state index contributed by atoms with van der Waals surface area (Å²) >= 11 is 2.05. The van der Waals surface area contributed by atoms with Crippen LogP contribution in [0.4, 0.5) is 0 Å². The molecule has 0 aliphatic carbocycles. The lowest BCUT2D eigenvalue weighted by Gasteiger charge is -2.21. The summed E-state index contributed by atoms with van der Waals surface area (Å²) in [6, 6.07) is 8.16. The molecule has 0 unspecified atom stereocenters. The molecule has 1 fully saturated rings. The highest BCUT2D eigenvalue weighted by atomic mass is 32.2. The third kappa shape index (κ3) is 2.63. The van der Waals surface area contributed by atoms with E-state index in [-0.39, 0.29) is 5.78 Å². The van der Waals surface area contributed by atoms with E-state index in [2.05, 4.69) is 12.1 Å². The average molecular weight is 220 g/mol. The van der Waals surface area contributed by atoms with Crippen molar-refractivity contribution < 1.29 is 4.79 Å². The Hall–Kier alpha value is -0.760. The first kappa shape index (κ1) is 10.7. The second kappa shape index (κ2) is 4.84. The van der Waals surface area contributed by atoms with E-state index in [4.69, 9.17) is 0 Å². The molecule has 2 heteroatoms. The van der Waals surface area contributed by atoms with Gasteiger partial charge in [-0.3, -0.25) is 4.79 Å². The van der Waals surface area contributed by atoms with Gasteiger partial charge in [-0.2, -0.15) is 11.8 Å². The lowest BCUT2D eigenvalue weighted by molar-refractivity contribution is 0.101. The first-order valence-electron chi connectivity index (χ1n) is 5.46. The molecule has 0 aromatic heterocycles. The molecule has 0 radical (unpaired) electrons. The van der Waals surface area contributed by atoms with Crippen LogP contribution in [0.5, 0.6) is 0 Å². The van der Waals surface area contributed by atoms with Crippen molar-refractivity contribution in [2.75, 3.05) is 11.5 Å². The standard InChI is InChI=1S/C13H16OS/c1-10(14)11-2-4-12(5-3-11)13-6-8-15-9-7-13/h2-5,13H,6-9H2,1H3. The number of hydrogen-bond acceptors (Lipinski definition) is 2. The number of carbonyl (C=O) groups excluding carboxylic acids is 1. The van der Waals surface area contributed by atoms with Crippen LogP contribution >= 0.6 is 11.8 Å². The van der Waals surface area contributed by atoms with E-state index in [9.17, 15) is 4.79 Å². The van der Waals surface area contributed by atoms with Gasteiger partial charge in [0.2, 0.25) is 0 Å². The van der Waals surface area contributed by atoms with E-state index in [1.165, 1.54) is 29.9 Å². The van der Waals surface area contributed by atoms with Crippen LogP contribution in [-0.4, -0.2) is 17.3 Å². The number of rotatable bonds is 2. The van der Waals surface area contributed by atoms with Crippen molar-refractivity contribution in [2.24, 2.45) is 0 Å². The molecule has 1 aliphatic rings. The van der Waals surface area contributed by atoms with Crippen LogP contribution in [0.2, 0.25) is 0 Å². The third-order valence-electron chi connectivity index (χ3n) is 3.01. The van der Waals surface area contributed by atoms with Gasteiger partial charge in [-0.25, -0.2) is 0 Å². The van der Waals surface area contributed by atoms with E-state index in [1.54, 1.807) is 6.92 Å². The number of thioether (sulfide) groups is 1. The largest absolute Gasteiger partial charge is 0.295 e. The predicted octanol–water partition coefficient (Wildman–Crippen LogP) is 3.50. The van der Waals surface area contributed by atoms with Gasteiger partial charge >= 0.3 is 0 Å². The van der Waals surface area contributed by atoms with Gasteiger partial charge in [-0.15, -0.1) is 0 Å². The molecule has 0 amide bonds. The SMILES string of the molecule is CC(=O)c1ccc(C2CCSCC2)cc1. The fourth-order valence-electron chi connectivity index (χ4n) is 2.02. The molecule has 1 saturated heterocycles. The van der Waals surface area contributed by atoms with Gasteiger partial charge in [0, 0.05) is 5.56 Å². The molecule has 1 aromatic rings. The molecule has 80 valence electrons. The summed E-state index contributed by atoms with van der Waals surface area (Å²) in [7, 11) is 0. The molecular formula is C13H16OS. The number of benzene rings is 1. The summed E-state index contributed by atoms with van der Waals surface area (Å²) in [6.45, 7) is 1.62. The van der Waals surface area contributed by atoms with Crippen molar-refractivity contribution in [3.8, 4) is 0 Å². The molecule has 1 heterocycles. The second-order valence-electron chi connectivity index (χ2n) is 4.06. The molecule has 0 atom stereocenters. The van der Waals surface area contributed by atoms with Crippen molar-refractivity contribution in [1.29, 1.82) is 0 Å². The highest BCUT2D eigenvalue weighted by Crippen LogP contribution is 2.31. The highest BCUT2D eigenvalue weighted by Gasteiger charge is 2.15. The normalized spacial score (nSPS) is 17.7. The van der Waals surface area contributed by atoms with Crippen molar-refractivity contribution in [3.05, 3.63) is 35.4 Å². The highest BCUT2D eigenvalue weighted by molar-refractivity contribution is 7.99. The van der Waals surface area contributed by atoms with E-state index in [1.807, 2.05) is 23.9 Å². The van der Waals surface area contributed by atoms with Gasteiger partial charge in [0.15, 0.2) is 5.78 Å². The Labute approximate surface area is 95.3 Å². The van der Waals surface area contributed by atoms with Crippen LogP contribution in [0, 0.1) is 0 Å². The zero-order valence-corrected chi connectivity index (χ0v) is 9.85. The van der Waals surface area contributed by atoms with Crippen LogP contribution in [0.3, 0.4) is 0 Å². The minimum atomic E-state index is 0.153. The van der Waals surface area contributed by atoms with Crippen LogP contribution < -0.4 is 0 Å². The molecule has 0 N–H and O–H groups in total. The summed E-state index contributed by atoms with van der Waals surface area (Å²) in [5.41, 5.74) is 2.23. The van der Waals surface area contributed by atoms with E-state index in [0.29, 0.717) is 5.92 Å². The monoisotopic (exact) mass is 220 g/mol. The number of carbonyl (C=O) groups is 1. The maximum absolute atomic E-state index is 11.1. The van der Waals surface area contributed by atoms with Gasteiger partial charge < -0.3 is 0 Å². The molecule has 0 spiro atoms. The smallest absolute Gasteiger partial charge is 0.159 e. The zero-order valence-electron chi connectivity index (χ0n) is 9.03. The number of hydrogen-bond donors (Lipinski definition) is 0. The zero-order chi connectivity index (χ0) is 10.7. The minimum absolute atomic E-state index is 0.153. The lowest BCUT2D eigenvalue weighted by Crippen LogP contribution is -2.07. The van der Waals surface area contributed by atoms with E-state index >= 15 is 0 Å². The Morgan fingerprint density at radius 2 is 1.80 bits per heavy atom. The van der Waals surface area contributed by atoms with E-state index < -0.39 is 0 Å².